The van der Waals surface area contributed by atoms with E-state index in [2.05, 4.69) is 26.6 Å². The Kier molecular flexibility index (Phi) is 6.79. The van der Waals surface area contributed by atoms with Gasteiger partial charge in [-0.1, -0.05) is 35.2 Å². The molecule has 0 bridgehead atoms. The molecule has 1 aliphatic heterocycles. The molecule has 2 saturated carbocycles. The molecule has 2 aliphatic carbocycles. The second-order valence-corrected chi connectivity index (χ2v) is 10.4. The molecule has 1 saturated heterocycles. The second-order valence-electron chi connectivity index (χ2n) is 9.51. The Morgan fingerprint density at radius 3 is 2.50 bits per heavy atom. The molecular formula is C24H32BrN3O4. The highest BCUT2D eigenvalue weighted by atomic mass is 79.9. The third-order valence-corrected chi connectivity index (χ3v) is 7.73. The van der Waals surface area contributed by atoms with E-state index in [0.717, 1.165) is 22.9 Å². The third-order valence-electron chi connectivity index (χ3n) is 7.27. The predicted octanol–water partition coefficient (Wildman–Crippen LogP) is 2.66. The first-order valence-electron chi connectivity index (χ1n) is 11.5. The van der Waals surface area contributed by atoms with E-state index in [4.69, 9.17) is 4.74 Å². The number of methoxy groups -OCH3 is 1. The van der Waals surface area contributed by atoms with E-state index in [1.165, 1.54) is 12.8 Å². The zero-order chi connectivity index (χ0) is 22.9. The SMILES string of the molecule is CNC(=O)C1(C(=O)N[C@@H]2CN(C(=O)Cc3cc(Br)cc(OC)c3)C[C@H]2CC2CC2)CCC1. The van der Waals surface area contributed by atoms with E-state index >= 15 is 0 Å². The van der Waals surface area contributed by atoms with Crippen molar-refractivity contribution in [3.63, 3.8) is 0 Å². The molecule has 0 radical (unpaired) electrons. The summed E-state index contributed by atoms with van der Waals surface area (Å²) in [6, 6.07) is 5.57. The number of rotatable bonds is 8. The Hall–Kier alpha value is -2.09. The molecule has 2 atom stereocenters. The van der Waals surface area contributed by atoms with Gasteiger partial charge in [0, 0.05) is 24.6 Å². The molecule has 2 N–H and O–H groups in total. The summed E-state index contributed by atoms with van der Waals surface area (Å²) in [5.41, 5.74) is -0.0519. The van der Waals surface area contributed by atoms with E-state index in [9.17, 15) is 14.4 Å². The molecule has 1 heterocycles. The standard InChI is InChI=1S/C24H32BrN3O4/c1-26-22(30)24(6-3-7-24)23(31)27-20-14-28(13-17(20)8-15-4-5-15)21(29)11-16-9-18(25)12-19(10-16)32-2/h9-10,12,15,17,20H,3-8,11,13-14H2,1-2H3,(H,26,30)(H,27,31)/t17-,20-/m1/s1. The summed E-state index contributed by atoms with van der Waals surface area (Å²) < 4.78 is 6.19. The first-order chi connectivity index (χ1) is 15.3. The highest BCUT2D eigenvalue weighted by molar-refractivity contribution is 9.10. The zero-order valence-electron chi connectivity index (χ0n) is 18.8. The monoisotopic (exact) mass is 505 g/mol. The molecule has 3 amide bonds. The van der Waals surface area contributed by atoms with Crippen LogP contribution < -0.4 is 15.4 Å². The number of likely N-dealkylation sites (tertiary alicyclic amines) is 1. The molecular weight excluding hydrogens is 474 g/mol. The maximum atomic E-state index is 13.1. The van der Waals surface area contributed by atoms with Gasteiger partial charge in [-0.3, -0.25) is 14.4 Å². The van der Waals surface area contributed by atoms with Gasteiger partial charge in [-0.25, -0.2) is 0 Å². The van der Waals surface area contributed by atoms with Crippen LogP contribution in [-0.2, 0) is 20.8 Å². The minimum Gasteiger partial charge on any atom is -0.497 e. The Morgan fingerprint density at radius 2 is 1.91 bits per heavy atom. The van der Waals surface area contributed by atoms with Gasteiger partial charge in [0.05, 0.1) is 19.6 Å². The van der Waals surface area contributed by atoms with E-state index < -0.39 is 5.41 Å². The van der Waals surface area contributed by atoms with Crippen LogP contribution >= 0.6 is 15.9 Å². The zero-order valence-corrected chi connectivity index (χ0v) is 20.4. The fourth-order valence-corrected chi connectivity index (χ4v) is 5.54. The Balaban J connectivity index is 1.44. The molecule has 1 aromatic carbocycles. The van der Waals surface area contributed by atoms with Crippen molar-refractivity contribution in [2.24, 2.45) is 17.3 Å². The smallest absolute Gasteiger partial charge is 0.235 e. The van der Waals surface area contributed by atoms with Crippen molar-refractivity contribution in [2.75, 3.05) is 27.2 Å². The lowest BCUT2D eigenvalue weighted by atomic mass is 9.67. The predicted molar refractivity (Wildman–Crippen MR) is 124 cm³/mol. The number of carbonyl (C=O) groups is 3. The van der Waals surface area contributed by atoms with Crippen LogP contribution in [0.2, 0.25) is 0 Å². The van der Waals surface area contributed by atoms with Crippen LogP contribution in [0.4, 0.5) is 0 Å². The average molecular weight is 506 g/mol. The largest absolute Gasteiger partial charge is 0.497 e. The average Bonchev–Trinajstić information content (AvgIpc) is 3.45. The summed E-state index contributed by atoms with van der Waals surface area (Å²) in [7, 11) is 3.19. The van der Waals surface area contributed by atoms with Crippen molar-refractivity contribution in [3.8, 4) is 5.75 Å². The van der Waals surface area contributed by atoms with Crippen LogP contribution in [0.15, 0.2) is 22.7 Å². The number of hydrogen-bond donors (Lipinski definition) is 2. The van der Waals surface area contributed by atoms with Gasteiger partial charge < -0.3 is 20.3 Å². The lowest BCUT2D eigenvalue weighted by molar-refractivity contribution is -0.150. The Bertz CT molecular complexity index is 897. The Labute approximate surface area is 197 Å². The van der Waals surface area contributed by atoms with Crippen LogP contribution in [0.5, 0.6) is 5.75 Å². The quantitative estimate of drug-likeness (QED) is 0.531. The van der Waals surface area contributed by atoms with Crippen molar-refractivity contribution in [3.05, 3.63) is 28.2 Å². The van der Waals surface area contributed by atoms with E-state index in [1.807, 2.05) is 23.1 Å². The Morgan fingerprint density at radius 1 is 1.16 bits per heavy atom. The number of amides is 3. The lowest BCUT2D eigenvalue weighted by Crippen LogP contribution is -2.57. The third kappa shape index (κ3) is 4.80. The summed E-state index contributed by atoms with van der Waals surface area (Å²) in [6.45, 7) is 1.15. The summed E-state index contributed by atoms with van der Waals surface area (Å²) in [5.74, 6) is 1.30. The molecule has 7 nitrogen and oxygen atoms in total. The topological polar surface area (TPSA) is 87.7 Å². The van der Waals surface area contributed by atoms with E-state index in [1.54, 1.807) is 14.2 Å². The fourth-order valence-electron chi connectivity index (χ4n) is 5.02. The minimum atomic E-state index is -0.941. The number of carbonyl (C=O) groups excluding carboxylic acids is 3. The van der Waals surface area contributed by atoms with Gasteiger partial charge in [0.1, 0.15) is 11.2 Å². The molecule has 0 spiro atoms. The minimum absolute atomic E-state index is 0.0485. The number of nitrogens with one attached hydrogen (secondary N) is 2. The van der Waals surface area contributed by atoms with Gasteiger partial charge in [0.15, 0.2) is 0 Å². The van der Waals surface area contributed by atoms with Gasteiger partial charge in [0.2, 0.25) is 17.7 Å². The number of nitrogens with zero attached hydrogens (tertiary/aromatic N) is 1. The van der Waals surface area contributed by atoms with E-state index in [-0.39, 0.29) is 36.1 Å². The maximum Gasteiger partial charge on any atom is 0.235 e. The van der Waals surface area contributed by atoms with Crippen LogP contribution in [0.25, 0.3) is 0 Å². The maximum absolute atomic E-state index is 13.1. The van der Waals surface area contributed by atoms with Crippen molar-refractivity contribution in [1.82, 2.24) is 15.5 Å². The van der Waals surface area contributed by atoms with Gasteiger partial charge in [0.25, 0.3) is 0 Å². The molecule has 4 rings (SSSR count). The van der Waals surface area contributed by atoms with Crippen molar-refractivity contribution >= 4 is 33.7 Å². The molecule has 0 aromatic heterocycles. The number of ether oxygens (including phenoxy) is 1. The van der Waals surface area contributed by atoms with Crippen LogP contribution in [0.1, 0.15) is 44.1 Å². The van der Waals surface area contributed by atoms with Gasteiger partial charge >= 0.3 is 0 Å². The summed E-state index contributed by atoms with van der Waals surface area (Å²) in [4.78, 5) is 40.5. The van der Waals surface area contributed by atoms with Gasteiger partial charge in [-0.05, 0) is 54.9 Å². The summed E-state index contributed by atoms with van der Waals surface area (Å²) in [6.07, 6.45) is 5.83. The van der Waals surface area contributed by atoms with Crippen LogP contribution in [0, 0.1) is 17.3 Å². The summed E-state index contributed by atoms with van der Waals surface area (Å²) >= 11 is 3.47. The van der Waals surface area contributed by atoms with Crippen LogP contribution in [-0.4, -0.2) is 55.9 Å². The number of halogens is 1. The first-order valence-corrected chi connectivity index (χ1v) is 12.3. The lowest BCUT2D eigenvalue weighted by Gasteiger charge is -2.39. The van der Waals surface area contributed by atoms with Crippen LogP contribution in [0.3, 0.4) is 0 Å². The molecule has 174 valence electrons. The molecule has 8 heteroatoms. The van der Waals surface area contributed by atoms with Crippen molar-refractivity contribution in [1.29, 1.82) is 0 Å². The molecule has 1 aromatic rings. The fraction of sp³-hybridized carbons (Fsp3) is 0.625. The number of hydrogen-bond acceptors (Lipinski definition) is 4. The van der Waals surface area contributed by atoms with Crippen molar-refractivity contribution < 1.29 is 19.1 Å². The normalized spacial score (nSPS) is 23.9. The van der Waals surface area contributed by atoms with Gasteiger partial charge in [-0.2, -0.15) is 0 Å². The summed E-state index contributed by atoms with van der Waals surface area (Å²) in [5, 5.41) is 5.83. The highest BCUT2D eigenvalue weighted by Crippen LogP contribution is 2.42. The second kappa shape index (κ2) is 9.41. The van der Waals surface area contributed by atoms with E-state index in [0.29, 0.717) is 37.6 Å². The molecule has 32 heavy (non-hydrogen) atoms. The first kappa shape index (κ1) is 23.1. The highest BCUT2D eigenvalue weighted by Gasteiger charge is 2.52. The molecule has 3 fully saturated rings. The molecule has 3 aliphatic rings. The number of benzene rings is 1. The van der Waals surface area contributed by atoms with Gasteiger partial charge in [-0.15, -0.1) is 0 Å². The van der Waals surface area contributed by atoms with Crippen molar-refractivity contribution in [2.45, 2.75) is 51.0 Å². The molecule has 0 unspecified atom stereocenters.